The summed E-state index contributed by atoms with van der Waals surface area (Å²) in [6.07, 6.45) is 1.93. The van der Waals surface area contributed by atoms with E-state index in [0.29, 0.717) is 23.9 Å². The summed E-state index contributed by atoms with van der Waals surface area (Å²) in [7, 11) is 0. The molecule has 0 radical (unpaired) electrons. The first-order chi connectivity index (χ1) is 14.4. The normalized spacial score (nSPS) is 11.7. The van der Waals surface area contributed by atoms with Gasteiger partial charge >= 0.3 is 0 Å². The molecule has 6 heteroatoms. The fourth-order valence-electron chi connectivity index (χ4n) is 2.97. The highest BCUT2D eigenvalue weighted by molar-refractivity contribution is 7.99. The Morgan fingerprint density at radius 3 is 2.53 bits per heavy atom. The Balaban J connectivity index is 2.03. The molecule has 2 rings (SSSR count). The lowest BCUT2D eigenvalue weighted by Crippen LogP contribution is -2.48. The number of aryl methyl sites for hydroxylation is 1. The molecule has 30 heavy (non-hydrogen) atoms. The van der Waals surface area contributed by atoms with Gasteiger partial charge < -0.3 is 10.2 Å². The van der Waals surface area contributed by atoms with Crippen molar-refractivity contribution in [2.45, 2.75) is 52.0 Å². The number of nitrogens with zero attached hydrogens (tertiary/aromatic N) is 1. The van der Waals surface area contributed by atoms with Crippen molar-refractivity contribution in [2.75, 3.05) is 12.3 Å². The molecule has 2 aromatic rings. The number of nitrogens with one attached hydrogen (secondary N) is 1. The molecule has 2 amide bonds. The topological polar surface area (TPSA) is 49.4 Å². The molecule has 0 aliphatic rings. The van der Waals surface area contributed by atoms with Gasteiger partial charge in [0.15, 0.2) is 0 Å². The van der Waals surface area contributed by atoms with Gasteiger partial charge in [-0.15, -0.1) is 11.8 Å². The first-order valence-corrected chi connectivity index (χ1v) is 11.9. The van der Waals surface area contributed by atoms with Crippen molar-refractivity contribution in [1.29, 1.82) is 0 Å². The lowest BCUT2D eigenvalue weighted by molar-refractivity contribution is -0.138. The van der Waals surface area contributed by atoms with Crippen LogP contribution in [0.15, 0.2) is 48.5 Å². The number of thioether (sulfide) groups is 1. The molecule has 0 aromatic heterocycles. The molecule has 0 bridgehead atoms. The molecule has 162 valence electrons. The first kappa shape index (κ1) is 24.3. The van der Waals surface area contributed by atoms with E-state index >= 15 is 0 Å². The smallest absolute Gasteiger partial charge is 0.242 e. The molecule has 2 aromatic carbocycles. The Morgan fingerprint density at radius 2 is 1.87 bits per heavy atom. The van der Waals surface area contributed by atoms with Gasteiger partial charge in [0.05, 0.1) is 5.75 Å². The van der Waals surface area contributed by atoms with Crippen LogP contribution >= 0.6 is 23.4 Å². The number of halogens is 1. The van der Waals surface area contributed by atoms with Gasteiger partial charge in [0.2, 0.25) is 11.8 Å². The number of amides is 2. The lowest BCUT2D eigenvalue weighted by atomic mass is 10.1. The molecule has 0 saturated heterocycles. The van der Waals surface area contributed by atoms with E-state index in [2.05, 4.69) is 43.4 Å². The average molecular weight is 447 g/mol. The molecule has 1 N–H and O–H groups in total. The van der Waals surface area contributed by atoms with Crippen molar-refractivity contribution in [2.24, 2.45) is 0 Å². The summed E-state index contributed by atoms with van der Waals surface area (Å²) in [6, 6.07) is 15.2. The van der Waals surface area contributed by atoms with Crippen LogP contribution < -0.4 is 5.32 Å². The van der Waals surface area contributed by atoms with Gasteiger partial charge in [-0.1, -0.05) is 66.9 Å². The minimum absolute atomic E-state index is 0.0507. The van der Waals surface area contributed by atoms with Crippen LogP contribution in [0.4, 0.5) is 0 Å². The lowest BCUT2D eigenvalue weighted by Gasteiger charge is -2.29. The minimum atomic E-state index is -0.548. The Morgan fingerprint density at radius 1 is 1.13 bits per heavy atom. The highest BCUT2D eigenvalue weighted by Gasteiger charge is 2.25. The van der Waals surface area contributed by atoms with Crippen molar-refractivity contribution in [1.82, 2.24) is 10.2 Å². The van der Waals surface area contributed by atoms with Crippen molar-refractivity contribution < 1.29 is 9.59 Å². The van der Waals surface area contributed by atoms with Crippen molar-refractivity contribution in [3.8, 4) is 0 Å². The number of carbonyl (C=O) groups is 2. The van der Waals surface area contributed by atoms with Crippen LogP contribution in [0, 0.1) is 6.92 Å². The highest BCUT2D eigenvalue weighted by atomic mass is 35.5. The van der Waals surface area contributed by atoms with E-state index < -0.39 is 6.04 Å². The maximum atomic E-state index is 13.0. The van der Waals surface area contributed by atoms with E-state index in [4.69, 9.17) is 11.6 Å². The fourth-order valence-corrected chi connectivity index (χ4v) is 4.06. The second-order valence-corrected chi connectivity index (χ2v) is 8.87. The standard InChI is InChI=1S/C24H31ClN2O2S/c1-4-5-13-26-24(29)19(3)27(15-21-7-6-8-22(25)14-21)23(28)17-30-16-20-11-9-18(2)10-12-20/h6-12,14,19H,4-5,13,15-17H2,1-3H3,(H,26,29)/t19-/m1/s1. The predicted octanol–water partition coefficient (Wildman–Crippen LogP) is 5.22. The minimum Gasteiger partial charge on any atom is -0.354 e. The van der Waals surface area contributed by atoms with E-state index in [-0.39, 0.29) is 11.8 Å². The maximum Gasteiger partial charge on any atom is 0.242 e. The number of rotatable bonds is 11. The molecule has 0 fully saturated rings. The second kappa shape index (κ2) is 12.7. The van der Waals surface area contributed by atoms with Crippen LogP contribution in [0.1, 0.15) is 43.4 Å². The molecule has 0 unspecified atom stereocenters. The van der Waals surface area contributed by atoms with E-state index in [1.807, 2.05) is 18.2 Å². The first-order valence-electron chi connectivity index (χ1n) is 10.4. The summed E-state index contributed by atoms with van der Waals surface area (Å²) in [5.41, 5.74) is 3.31. The van der Waals surface area contributed by atoms with Crippen LogP contribution in [0.5, 0.6) is 0 Å². The van der Waals surface area contributed by atoms with Gasteiger partial charge in [0.25, 0.3) is 0 Å². The molecular formula is C24H31ClN2O2S. The zero-order valence-corrected chi connectivity index (χ0v) is 19.6. The molecule has 0 aliphatic carbocycles. The number of unbranched alkanes of at least 4 members (excludes halogenated alkanes) is 1. The summed E-state index contributed by atoms with van der Waals surface area (Å²) in [5, 5.41) is 3.56. The van der Waals surface area contributed by atoms with Crippen LogP contribution in [0.3, 0.4) is 0 Å². The Labute approximate surface area is 189 Å². The summed E-state index contributed by atoms with van der Waals surface area (Å²) in [6.45, 7) is 6.90. The van der Waals surface area contributed by atoms with Gasteiger partial charge in [-0.3, -0.25) is 9.59 Å². The SMILES string of the molecule is CCCCNC(=O)[C@@H](C)N(Cc1cccc(Cl)c1)C(=O)CSCc1ccc(C)cc1. The number of hydrogen-bond donors (Lipinski definition) is 1. The van der Waals surface area contributed by atoms with E-state index in [9.17, 15) is 9.59 Å². The van der Waals surface area contributed by atoms with E-state index in [1.54, 1.807) is 29.7 Å². The van der Waals surface area contributed by atoms with Gasteiger partial charge in [-0.25, -0.2) is 0 Å². The third-order valence-corrected chi connectivity index (χ3v) is 6.08. The van der Waals surface area contributed by atoms with E-state index in [1.165, 1.54) is 11.1 Å². The number of benzene rings is 2. The van der Waals surface area contributed by atoms with Crippen LogP contribution in [0.2, 0.25) is 5.02 Å². The van der Waals surface area contributed by atoms with E-state index in [0.717, 1.165) is 24.2 Å². The molecular weight excluding hydrogens is 416 g/mol. The molecule has 0 saturated carbocycles. The molecule has 0 spiro atoms. The molecule has 4 nitrogen and oxygen atoms in total. The van der Waals surface area contributed by atoms with Gasteiger partial charge in [-0.2, -0.15) is 0 Å². The second-order valence-electron chi connectivity index (χ2n) is 7.45. The summed E-state index contributed by atoms with van der Waals surface area (Å²) in [5.74, 6) is 0.905. The maximum absolute atomic E-state index is 13.0. The van der Waals surface area contributed by atoms with Crippen LogP contribution in [0.25, 0.3) is 0 Å². The van der Waals surface area contributed by atoms with Gasteiger partial charge in [0, 0.05) is 23.9 Å². The molecule has 0 aliphatic heterocycles. The number of carbonyl (C=O) groups excluding carboxylic acids is 2. The monoisotopic (exact) mass is 446 g/mol. The van der Waals surface area contributed by atoms with Gasteiger partial charge in [-0.05, 0) is 43.5 Å². The zero-order chi connectivity index (χ0) is 21.9. The van der Waals surface area contributed by atoms with Crippen LogP contribution in [-0.4, -0.2) is 35.1 Å². The van der Waals surface area contributed by atoms with Crippen LogP contribution in [-0.2, 0) is 21.9 Å². The third-order valence-electron chi connectivity index (χ3n) is 4.85. The number of hydrogen-bond acceptors (Lipinski definition) is 3. The molecule has 1 atom stereocenters. The van der Waals surface area contributed by atoms with Crippen molar-refractivity contribution >= 4 is 35.2 Å². The van der Waals surface area contributed by atoms with Crippen molar-refractivity contribution in [3.63, 3.8) is 0 Å². The van der Waals surface area contributed by atoms with Gasteiger partial charge in [0.1, 0.15) is 6.04 Å². The Bertz CT molecular complexity index is 826. The summed E-state index contributed by atoms with van der Waals surface area (Å²) < 4.78 is 0. The largest absolute Gasteiger partial charge is 0.354 e. The van der Waals surface area contributed by atoms with Crippen molar-refractivity contribution in [3.05, 3.63) is 70.2 Å². The summed E-state index contributed by atoms with van der Waals surface area (Å²) in [4.78, 5) is 27.3. The Kier molecular flexibility index (Phi) is 10.2. The molecule has 0 heterocycles. The zero-order valence-electron chi connectivity index (χ0n) is 18.0. The fraction of sp³-hybridized carbons (Fsp3) is 0.417. The summed E-state index contributed by atoms with van der Waals surface area (Å²) >= 11 is 7.67. The Hall–Kier alpha value is -1.98. The average Bonchev–Trinajstić information content (AvgIpc) is 2.73. The predicted molar refractivity (Wildman–Crippen MR) is 127 cm³/mol. The third kappa shape index (κ3) is 8.04. The highest BCUT2D eigenvalue weighted by Crippen LogP contribution is 2.18. The quantitative estimate of drug-likeness (QED) is 0.481.